The van der Waals surface area contributed by atoms with E-state index in [4.69, 9.17) is 4.74 Å². The van der Waals surface area contributed by atoms with Crippen LogP contribution in [0.5, 0.6) is 5.75 Å². The standard InChI is InChI=1S/C9H12OS/c1-10-9-5-3-2-4-8(9)6-7-11/h2-5,11H,6-7H2,1H3. The highest BCUT2D eigenvalue weighted by molar-refractivity contribution is 7.80. The van der Waals surface area contributed by atoms with Crippen molar-refractivity contribution >= 4 is 12.6 Å². The van der Waals surface area contributed by atoms with Crippen LogP contribution in [0.4, 0.5) is 0 Å². The van der Waals surface area contributed by atoms with Gasteiger partial charge in [0.25, 0.3) is 0 Å². The van der Waals surface area contributed by atoms with Crippen molar-refractivity contribution in [2.75, 3.05) is 12.9 Å². The number of thiol groups is 1. The van der Waals surface area contributed by atoms with Gasteiger partial charge in [0, 0.05) is 0 Å². The second-order valence-electron chi connectivity index (χ2n) is 2.29. The third kappa shape index (κ3) is 2.15. The summed E-state index contributed by atoms with van der Waals surface area (Å²) in [7, 11) is 1.69. The Hall–Kier alpha value is -0.630. The largest absolute Gasteiger partial charge is 0.496 e. The normalized spacial score (nSPS) is 9.64. The van der Waals surface area contributed by atoms with Crippen LogP contribution in [0, 0.1) is 0 Å². The molecule has 1 aromatic carbocycles. The van der Waals surface area contributed by atoms with E-state index in [1.165, 1.54) is 5.56 Å². The molecule has 0 heterocycles. The van der Waals surface area contributed by atoms with Crippen LogP contribution >= 0.6 is 12.6 Å². The molecule has 0 amide bonds. The van der Waals surface area contributed by atoms with Crippen LogP contribution in [0.1, 0.15) is 5.56 Å². The van der Waals surface area contributed by atoms with E-state index < -0.39 is 0 Å². The number of hydrogen-bond acceptors (Lipinski definition) is 2. The molecule has 1 aromatic rings. The molecule has 0 fully saturated rings. The van der Waals surface area contributed by atoms with Gasteiger partial charge in [0.1, 0.15) is 5.75 Å². The maximum absolute atomic E-state index is 5.16. The van der Waals surface area contributed by atoms with Gasteiger partial charge in [0.2, 0.25) is 0 Å². The highest BCUT2D eigenvalue weighted by atomic mass is 32.1. The van der Waals surface area contributed by atoms with Crippen LogP contribution in [0.2, 0.25) is 0 Å². The van der Waals surface area contributed by atoms with Crippen molar-refractivity contribution in [2.45, 2.75) is 6.42 Å². The van der Waals surface area contributed by atoms with Crippen LogP contribution in [0.3, 0.4) is 0 Å². The molecular weight excluding hydrogens is 156 g/mol. The summed E-state index contributed by atoms with van der Waals surface area (Å²) >= 11 is 4.16. The van der Waals surface area contributed by atoms with Crippen molar-refractivity contribution in [1.82, 2.24) is 0 Å². The molecule has 0 radical (unpaired) electrons. The Morgan fingerprint density at radius 2 is 2.09 bits per heavy atom. The van der Waals surface area contributed by atoms with Gasteiger partial charge in [-0.15, -0.1) is 0 Å². The van der Waals surface area contributed by atoms with Crippen molar-refractivity contribution in [2.24, 2.45) is 0 Å². The van der Waals surface area contributed by atoms with Gasteiger partial charge in [-0.1, -0.05) is 18.2 Å². The molecule has 1 rings (SSSR count). The Morgan fingerprint density at radius 3 is 2.73 bits per heavy atom. The summed E-state index contributed by atoms with van der Waals surface area (Å²) in [6, 6.07) is 8.02. The zero-order valence-electron chi connectivity index (χ0n) is 6.58. The quantitative estimate of drug-likeness (QED) is 0.680. The van der Waals surface area contributed by atoms with E-state index >= 15 is 0 Å². The van der Waals surface area contributed by atoms with Crippen LogP contribution in [-0.2, 0) is 6.42 Å². The van der Waals surface area contributed by atoms with E-state index in [-0.39, 0.29) is 0 Å². The molecule has 2 heteroatoms. The van der Waals surface area contributed by atoms with Crippen LogP contribution < -0.4 is 4.74 Å². The minimum absolute atomic E-state index is 0.861. The maximum atomic E-state index is 5.16. The lowest BCUT2D eigenvalue weighted by atomic mass is 10.1. The van der Waals surface area contributed by atoms with Crippen molar-refractivity contribution in [3.63, 3.8) is 0 Å². The van der Waals surface area contributed by atoms with Gasteiger partial charge < -0.3 is 4.74 Å². The molecule has 0 aliphatic heterocycles. The molecule has 0 aliphatic rings. The number of rotatable bonds is 3. The number of aryl methyl sites for hydroxylation is 1. The molecule has 0 aliphatic carbocycles. The molecule has 11 heavy (non-hydrogen) atoms. The average molecular weight is 168 g/mol. The summed E-state index contributed by atoms with van der Waals surface area (Å²) in [5, 5.41) is 0. The highest BCUT2D eigenvalue weighted by Gasteiger charge is 1.98. The van der Waals surface area contributed by atoms with Gasteiger partial charge in [-0.2, -0.15) is 12.6 Å². The van der Waals surface area contributed by atoms with Crippen molar-refractivity contribution in [3.8, 4) is 5.75 Å². The fourth-order valence-electron chi connectivity index (χ4n) is 1.03. The first kappa shape index (κ1) is 8.47. The number of ether oxygens (including phenoxy) is 1. The van der Waals surface area contributed by atoms with Crippen molar-refractivity contribution in [3.05, 3.63) is 29.8 Å². The minimum atomic E-state index is 0.861. The molecule has 0 saturated heterocycles. The van der Waals surface area contributed by atoms with E-state index in [9.17, 15) is 0 Å². The Labute approximate surface area is 72.8 Å². The second kappa shape index (κ2) is 4.29. The lowest BCUT2D eigenvalue weighted by molar-refractivity contribution is 0.410. The first-order chi connectivity index (χ1) is 5.38. The summed E-state index contributed by atoms with van der Waals surface area (Å²) in [4.78, 5) is 0. The molecule has 0 atom stereocenters. The van der Waals surface area contributed by atoms with Crippen molar-refractivity contribution in [1.29, 1.82) is 0 Å². The molecular formula is C9H12OS. The minimum Gasteiger partial charge on any atom is -0.496 e. The Kier molecular flexibility index (Phi) is 3.30. The van der Waals surface area contributed by atoms with Gasteiger partial charge in [-0.3, -0.25) is 0 Å². The summed E-state index contributed by atoms with van der Waals surface area (Å²) in [5.41, 5.74) is 1.23. The molecule has 0 N–H and O–H groups in total. The topological polar surface area (TPSA) is 9.23 Å². The summed E-state index contributed by atoms with van der Waals surface area (Å²) in [6.07, 6.45) is 0.965. The molecule has 0 unspecified atom stereocenters. The fraction of sp³-hybridized carbons (Fsp3) is 0.333. The summed E-state index contributed by atoms with van der Waals surface area (Å²) < 4.78 is 5.16. The average Bonchev–Trinajstić information content (AvgIpc) is 2.06. The van der Waals surface area contributed by atoms with E-state index in [1.807, 2.05) is 18.2 Å². The number of para-hydroxylation sites is 1. The number of benzene rings is 1. The van der Waals surface area contributed by atoms with Crippen LogP contribution in [0.25, 0.3) is 0 Å². The van der Waals surface area contributed by atoms with Crippen LogP contribution in [0.15, 0.2) is 24.3 Å². The molecule has 1 nitrogen and oxygen atoms in total. The van der Waals surface area contributed by atoms with Gasteiger partial charge in [-0.05, 0) is 23.8 Å². The monoisotopic (exact) mass is 168 g/mol. The van der Waals surface area contributed by atoms with E-state index in [2.05, 4.69) is 18.7 Å². The third-order valence-corrected chi connectivity index (χ3v) is 1.80. The lowest BCUT2D eigenvalue weighted by Crippen LogP contribution is -1.91. The predicted octanol–water partition coefficient (Wildman–Crippen LogP) is 2.17. The third-order valence-electron chi connectivity index (χ3n) is 1.57. The van der Waals surface area contributed by atoms with Gasteiger partial charge >= 0.3 is 0 Å². The zero-order chi connectivity index (χ0) is 8.10. The zero-order valence-corrected chi connectivity index (χ0v) is 7.47. The van der Waals surface area contributed by atoms with Gasteiger partial charge in [0.05, 0.1) is 7.11 Å². The van der Waals surface area contributed by atoms with E-state index in [0.29, 0.717) is 0 Å². The molecule has 0 spiro atoms. The number of methoxy groups -OCH3 is 1. The lowest BCUT2D eigenvalue weighted by Gasteiger charge is -2.05. The van der Waals surface area contributed by atoms with Gasteiger partial charge in [0.15, 0.2) is 0 Å². The SMILES string of the molecule is COc1ccccc1CCS. The molecule has 0 aromatic heterocycles. The van der Waals surface area contributed by atoms with Crippen molar-refractivity contribution < 1.29 is 4.74 Å². The number of hydrogen-bond donors (Lipinski definition) is 1. The van der Waals surface area contributed by atoms with Gasteiger partial charge in [-0.25, -0.2) is 0 Å². The smallest absolute Gasteiger partial charge is 0.122 e. The summed E-state index contributed by atoms with van der Waals surface area (Å²) in [5.74, 6) is 1.82. The maximum Gasteiger partial charge on any atom is 0.122 e. The highest BCUT2D eigenvalue weighted by Crippen LogP contribution is 2.17. The molecule has 60 valence electrons. The molecule has 0 saturated carbocycles. The Balaban J connectivity index is 2.83. The second-order valence-corrected chi connectivity index (χ2v) is 2.73. The Bertz CT molecular complexity index is 223. The van der Waals surface area contributed by atoms with E-state index in [0.717, 1.165) is 17.9 Å². The fourth-order valence-corrected chi connectivity index (χ4v) is 1.27. The predicted molar refractivity (Wildman–Crippen MR) is 50.6 cm³/mol. The van der Waals surface area contributed by atoms with E-state index in [1.54, 1.807) is 7.11 Å². The Morgan fingerprint density at radius 1 is 1.36 bits per heavy atom. The summed E-state index contributed by atoms with van der Waals surface area (Å²) in [6.45, 7) is 0. The van der Waals surface area contributed by atoms with Crippen LogP contribution in [-0.4, -0.2) is 12.9 Å². The first-order valence-electron chi connectivity index (χ1n) is 3.61. The first-order valence-corrected chi connectivity index (χ1v) is 4.24. The molecule has 0 bridgehead atoms.